The third-order valence-electron chi connectivity index (χ3n) is 4.43. The molecule has 0 aliphatic carbocycles. The molecule has 0 saturated heterocycles. The van der Waals surface area contributed by atoms with Gasteiger partial charge in [-0.25, -0.2) is 4.98 Å². The Bertz CT molecular complexity index is 793. The van der Waals surface area contributed by atoms with Gasteiger partial charge in [-0.1, -0.05) is 49.4 Å². The van der Waals surface area contributed by atoms with Crippen LogP contribution in [0.1, 0.15) is 37.9 Å². The number of hydrogen-bond acceptors (Lipinski definition) is 2. The zero-order valence-corrected chi connectivity index (χ0v) is 12.3. The number of aromatic nitrogens is 2. The van der Waals surface area contributed by atoms with E-state index in [0.717, 1.165) is 23.3 Å². The summed E-state index contributed by atoms with van der Waals surface area (Å²) in [5.41, 5.74) is 3.01. The van der Waals surface area contributed by atoms with Gasteiger partial charge >= 0.3 is 0 Å². The molecule has 4 rings (SSSR count). The van der Waals surface area contributed by atoms with Gasteiger partial charge in [0.15, 0.2) is 6.23 Å². The van der Waals surface area contributed by atoms with E-state index in [0.29, 0.717) is 0 Å². The fraction of sp³-hybridized carbons (Fsp3) is 0.278. The van der Waals surface area contributed by atoms with Crippen molar-refractivity contribution >= 4 is 11.0 Å². The Balaban J connectivity index is 1.99. The van der Waals surface area contributed by atoms with E-state index in [4.69, 9.17) is 9.72 Å². The Labute approximate surface area is 124 Å². The van der Waals surface area contributed by atoms with E-state index in [1.165, 1.54) is 5.56 Å². The van der Waals surface area contributed by atoms with Crippen LogP contribution in [0.25, 0.3) is 11.0 Å². The summed E-state index contributed by atoms with van der Waals surface area (Å²) in [6, 6.07) is 18.6. The molecule has 0 N–H and O–H groups in total. The van der Waals surface area contributed by atoms with Gasteiger partial charge in [0.2, 0.25) is 0 Å². The molecule has 2 aromatic carbocycles. The van der Waals surface area contributed by atoms with E-state index >= 15 is 0 Å². The van der Waals surface area contributed by atoms with Gasteiger partial charge in [0, 0.05) is 5.56 Å². The fourth-order valence-corrected chi connectivity index (χ4v) is 3.08. The quantitative estimate of drug-likeness (QED) is 0.701. The minimum Gasteiger partial charge on any atom is -0.340 e. The Hall–Kier alpha value is -2.13. The number of rotatable bonds is 2. The lowest BCUT2D eigenvalue weighted by Gasteiger charge is -2.22. The van der Waals surface area contributed by atoms with Crippen molar-refractivity contribution < 1.29 is 4.74 Å². The molecule has 106 valence electrons. The van der Waals surface area contributed by atoms with Gasteiger partial charge in [-0.15, -0.1) is 0 Å². The molecule has 0 bridgehead atoms. The van der Waals surface area contributed by atoms with Crippen molar-refractivity contribution in [1.29, 1.82) is 0 Å². The van der Waals surface area contributed by atoms with Crippen molar-refractivity contribution in [2.75, 3.05) is 0 Å². The zero-order chi connectivity index (χ0) is 14.4. The maximum absolute atomic E-state index is 6.40. The van der Waals surface area contributed by atoms with Crippen molar-refractivity contribution in [3.8, 4) is 0 Å². The van der Waals surface area contributed by atoms with Gasteiger partial charge in [-0.2, -0.15) is 0 Å². The highest BCUT2D eigenvalue weighted by molar-refractivity contribution is 5.76. The molecular weight excluding hydrogens is 260 g/mol. The Kier molecular flexibility index (Phi) is 2.66. The molecule has 2 atom stereocenters. The first kappa shape index (κ1) is 12.6. The Morgan fingerprint density at radius 2 is 1.81 bits per heavy atom. The number of para-hydroxylation sites is 2. The highest BCUT2D eigenvalue weighted by Crippen LogP contribution is 2.44. The molecule has 1 aliphatic heterocycles. The van der Waals surface area contributed by atoms with Crippen LogP contribution in [0, 0.1) is 0 Å². The molecule has 0 radical (unpaired) electrons. The van der Waals surface area contributed by atoms with E-state index in [1.807, 2.05) is 12.1 Å². The normalized spacial score (nSPS) is 24.4. The van der Waals surface area contributed by atoms with Crippen molar-refractivity contribution in [2.24, 2.45) is 0 Å². The molecule has 0 unspecified atom stereocenters. The van der Waals surface area contributed by atoms with E-state index < -0.39 is 0 Å². The van der Waals surface area contributed by atoms with Crippen LogP contribution in [0.4, 0.5) is 0 Å². The number of ether oxygens (including phenoxy) is 1. The third kappa shape index (κ3) is 1.74. The standard InChI is InChI=1S/C18H18N2O/c1-3-18(2)17-19-14-11-7-8-12-15(14)20(17)16(21-18)13-9-5-4-6-10-13/h4-12,16H,3H2,1-2H3/t16-,18-/m1/s1. The van der Waals surface area contributed by atoms with Crippen LogP contribution in [-0.4, -0.2) is 9.55 Å². The van der Waals surface area contributed by atoms with Crippen LogP contribution < -0.4 is 0 Å². The maximum Gasteiger partial charge on any atom is 0.163 e. The molecule has 2 heterocycles. The third-order valence-corrected chi connectivity index (χ3v) is 4.43. The highest BCUT2D eigenvalue weighted by Gasteiger charge is 2.43. The van der Waals surface area contributed by atoms with Crippen molar-refractivity contribution in [2.45, 2.75) is 32.1 Å². The van der Waals surface area contributed by atoms with E-state index in [1.54, 1.807) is 0 Å². The summed E-state index contributed by atoms with van der Waals surface area (Å²) >= 11 is 0. The second-order valence-corrected chi connectivity index (χ2v) is 5.76. The minimum absolute atomic E-state index is 0.0986. The van der Waals surface area contributed by atoms with Crippen molar-refractivity contribution in [1.82, 2.24) is 9.55 Å². The van der Waals surface area contributed by atoms with Gasteiger partial charge in [0.05, 0.1) is 11.0 Å². The largest absolute Gasteiger partial charge is 0.340 e. The second-order valence-electron chi connectivity index (χ2n) is 5.76. The van der Waals surface area contributed by atoms with E-state index in [2.05, 4.69) is 60.9 Å². The molecular formula is C18H18N2O. The summed E-state index contributed by atoms with van der Waals surface area (Å²) in [7, 11) is 0. The number of hydrogen-bond donors (Lipinski definition) is 0. The number of fused-ring (bicyclic) bond motifs is 3. The zero-order valence-electron chi connectivity index (χ0n) is 12.3. The number of nitrogens with zero attached hydrogens (tertiary/aromatic N) is 2. The predicted octanol–water partition coefficient (Wildman–Crippen LogP) is 4.24. The summed E-state index contributed by atoms with van der Waals surface area (Å²) in [5.74, 6) is 1.03. The maximum atomic E-state index is 6.40. The van der Waals surface area contributed by atoms with Crippen molar-refractivity contribution in [3.05, 3.63) is 66.0 Å². The van der Waals surface area contributed by atoms with Crippen molar-refractivity contribution in [3.63, 3.8) is 0 Å². The topological polar surface area (TPSA) is 27.1 Å². The SMILES string of the molecule is CC[C@@]1(C)O[C@H](c2ccccc2)n2c1nc1ccccc12. The molecule has 3 aromatic rings. The van der Waals surface area contributed by atoms with Crippen LogP contribution in [0.2, 0.25) is 0 Å². The summed E-state index contributed by atoms with van der Waals surface area (Å²) in [6.07, 6.45) is 0.804. The summed E-state index contributed by atoms with van der Waals surface area (Å²) in [5, 5.41) is 0. The van der Waals surface area contributed by atoms with Crippen LogP contribution in [-0.2, 0) is 10.3 Å². The lowest BCUT2D eigenvalue weighted by Crippen LogP contribution is -2.21. The molecule has 1 aliphatic rings. The van der Waals surface area contributed by atoms with Gasteiger partial charge < -0.3 is 4.74 Å². The fourth-order valence-electron chi connectivity index (χ4n) is 3.08. The van der Waals surface area contributed by atoms with Crippen LogP contribution >= 0.6 is 0 Å². The van der Waals surface area contributed by atoms with Gasteiger partial charge in [-0.05, 0) is 25.5 Å². The monoisotopic (exact) mass is 278 g/mol. The first-order chi connectivity index (χ1) is 10.2. The molecule has 0 fully saturated rings. The van der Waals surface area contributed by atoms with Gasteiger partial charge in [-0.3, -0.25) is 4.57 Å². The Morgan fingerprint density at radius 3 is 2.57 bits per heavy atom. The first-order valence-corrected chi connectivity index (χ1v) is 7.43. The van der Waals surface area contributed by atoms with Gasteiger partial charge in [0.1, 0.15) is 11.4 Å². The molecule has 1 aromatic heterocycles. The smallest absolute Gasteiger partial charge is 0.163 e. The molecule has 0 saturated carbocycles. The van der Waals surface area contributed by atoms with Crippen LogP contribution in [0.3, 0.4) is 0 Å². The van der Waals surface area contributed by atoms with Crippen LogP contribution in [0.15, 0.2) is 54.6 Å². The van der Waals surface area contributed by atoms with E-state index in [9.17, 15) is 0 Å². The Morgan fingerprint density at radius 1 is 1.10 bits per heavy atom. The molecule has 0 amide bonds. The number of benzene rings is 2. The average molecular weight is 278 g/mol. The summed E-state index contributed by atoms with van der Waals surface area (Å²) in [6.45, 7) is 4.28. The predicted molar refractivity (Wildman–Crippen MR) is 83.0 cm³/mol. The first-order valence-electron chi connectivity index (χ1n) is 7.43. The molecule has 3 nitrogen and oxygen atoms in total. The van der Waals surface area contributed by atoms with E-state index in [-0.39, 0.29) is 11.8 Å². The van der Waals surface area contributed by atoms with Crippen LogP contribution in [0.5, 0.6) is 0 Å². The molecule has 3 heteroatoms. The minimum atomic E-state index is -0.334. The average Bonchev–Trinajstić information content (AvgIpc) is 3.05. The van der Waals surface area contributed by atoms with Gasteiger partial charge in [0.25, 0.3) is 0 Å². The second kappa shape index (κ2) is 4.43. The lowest BCUT2D eigenvalue weighted by molar-refractivity contribution is -0.0642. The summed E-state index contributed by atoms with van der Waals surface area (Å²) in [4.78, 5) is 4.83. The molecule has 0 spiro atoms. The highest BCUT2D eigenvalue weighted by atomic mass is 16.5. The summed E-state index contributed by atoms with van der Waals surface area (Å²) < 4.78 is 8.65. The number of imidazole rings is 1. The lowest BCUT2D eigenvalue weighted by atomic mass is 10.0. The molecule has 21 heavy (non-hydrogen) atoms.